The van der Waals surface area contributed by atoms with Crippen molar-refractivity contribution in [3.05, 3.63) is 0 Å². The Kier molecular flexibility index (Phi) is 4.45. The lowest BCUT2D eigenvalue weighted by Crippen LogP contribution is -3.00. The minimum atomic E-state index is -0.759. The van der Waals surface area contributed by atoms with E-state index >= 15 is 0 Å². The van der Waals surface area contributed by atoms with Gasteiger partial charge in [-0.2, -0.15) is 0 Å². The Bertz CT molecular complexity index is 251. The fraction of sp³-hybridized carbons (Fsp3) is 0.750. The maximum absolute atomic E-state index is 10.5. The van der Waals surface area contributed by atoms with E-state index in [0.717, 1.165) is 10.8 Å². The molecule has 0 radical (unpaired) electrons. The van der Waals surface area contributed by atoms with Crippen LogP contribution in [0.15, 0.2) is 0 Å². The first-order valence-corrected chi connectivity index (χ1v) is 4.88. The molecule has 0 spiro atoms. The van der Waals surface area contributed by atoms with Crippen molar-refractivity contribution in [1.82, 2.24) is 0 Å². The van der Waals surface area contributed by atoms with E-state index in [0.29, 0.717) is 0 Å². The van der Waals surface area contributed by atoms with Crippen LogP contribution in [0.1, 0.15) is 20.8 Å². The Morgan fingerprint density at radius 1 is 1.69 bits per heavy atom. The van der Waals surface area contributed by atoms with Crippen LogP contribution in [0.5, 0.6) is 0 Å². The molecule has 0 aromatic carbocycles. The molecule has 13 heavy (non-hydrogen) atoms. The Labute approximate surface area is 93.0 Å². The van der Waals surface area contributed by atoms with Crippen LogP contribution in [-0.2, 0) is 4.79 Å². The van der Waals surface area contributed by atoms with Gasteiger partial charge >= 0.3 is 5.97 Å². The van der Waals surface area contributed by atoms with E-state index in [1.165, 1.54) is 0 Å². The van der Waals surface area contributed by atoms with Gasteiger partial charge in [0.1, 0.15) is 0 Å². The summed E-state index contributed by atoms with van der Waals surface area (Å²) in [7, 11) is 0. The van der Waals surface area contributed by atoms with Crippen molar-refractivity contribution in [1.29, 1.82) is 0 Å². The molecule has 0 bridgehead atoms. The number of hydrogen-bond acceptors (Lipinski definition) is 2. The van der Waals surface area contributed by atoms with Gasteiger partial charge in [0.05, 0.1) is 5.75 Å². The molecule has 1 heterocycles. The lowest BCUT2D eigenvalue weighted by atomic mass is 10.1. The molecule has 0 atom stereocenters. The largest absolute Gasteiger partial charge is 1.00 e. The van der Waals surface area contributed by atoms with Crippen LogP contribution >= 0.6 is 11.8 Å². The smallest absolute Gasteiger partial charge is 0.369 e. The van der Waals surface area contributed by atoms with Gasteiger partial charge in [0.25, 0.3) is 0 Å². The highest BCUT2D eigenvalue weighted by Crippen LogP contribution is 2.26. The molecule has 1 aliphatic rings. The van der Waals surface area contributed by atoms with E-state index in [2.05, 4.69) is 13.8 Å². The molecule has 0 aromatic heterocycles. The number of carboxylic acid groups (broad SMARTS) is 1. The van der Waals surface area contributed by atoms with Crippen molar-refractivity contribution >= 4 is 22.8 Å². The number of thioether (sulfide) groups is 1. The average Bonchev–Trinajstić information content (AvgIpc) is 2.15. The summed E-state index contributed by atoms with van der Waals surface area (Å²) < 4.78 is 1.94. The number of rotatable bonds is 2. The zero-order valence-corrected chi connectivity index (χ0v) is 10.4. The van der Waals surface area contributed by atoms with Gasteiger partial charge in [-0.05, 0) is 0 Å². The summed E-state index contributed by atoms with van der Waals surface area (Å²) in [5, 5.41) is 9.77. The van der Waals surface area contributed by atoms with Crippen molar-refractivity contribution in [2.45, 2.75) is 26.3 Å². The number of hydrogen-bond donors (Lipinski definition) is 1. The maximum atomic E-state index is 10.5. The molecular weight excluding hydrogens is 254 g/mol. The van der Waals surface area contributed by atoms with E-state index in [1.807, 2.05) is 11.5 Å². The molecule has 0 saturated carbocycles. The van der Waals surface area contributed by atoms with Crippen LogP contribution in [0, 0.1) is 0 Å². The van der Waals surface area contributed by atoms with Crippen LogP contribution in [0.25, 0.3) is 0 Å². The molecule has 0 unspecified atom stereocenters. The standard InChI is InChI=1S/C8H13NO2S.BrH/c1-6-9(4-7(10)11)8(2,3)5-12-6;/h4-5H2,1-3H3;1H. The Balaban J connectivity index is 0.00000144. The molecular formula is C8H14BrNO2S. The van der Waals surface area contributed by atoms with Crippen LogP contribution in [0.3, 0.4) is 0 Å². The highest BCUT2D eigenvalue weighted by molar-refractivity contribution is 8.13. The van der Waals surface area contributed by atoms with Gasteiger partial charge in [-0.25, -0.2) is 9.37 Å². The molecule has 1 N–H and O–H groups in total. The number of aliphatic carboxylic acids is 1. The fourth-order valence-corrected chi connectivity index (χ4v) is 2.51. The number of nitrogens with zero attached hydrogens (tertiary/aromatic N) is 1. The van der Waals surface area contributed by atoms with Crippen molar-refractivity contribution in [3.63, 3.8) is 0 Å². The van der Waals surface area contributed by atoms with Crippen LogP contribution in [0.4, 0.5) is 0 Å². The van der Waals surface area contributed by atoms with Gasteiger partial charge in [0.2, 0.25) is 11.6 Å². The molecule has 0 amide bonds. The van der Waals surface area contributed by atoms with Crippen molar-refractivity contribution < 1.29 is 31.5 Å². The number of halogens is 1. The number of carbonyl (C=O) groups is 1. The second-order valence-corrected chi connectivity index (χ2v) is 4.77. The summed E-state index contributed by atoms with van der Waals surface area (Å²) in [5.74, 6) is 0.219. The van der Waals surface area contributed by atoms with Gasteiger partial charge in [-0.3, -0.25) is 0 Å². The van der Waals surface area contributed by atoms with Gasteiger partial charge in [-0.1, -0.05) is 11.8 Å². The summed E-state index contributed by atoms with van der Waals surface area (Å²) >= 11 is 1.73. The molecule has 0 aromatic rings. The fourth-order valence-electron chi connectivity index (χ4n) is 1.32. The van der Waals surface area contributed by atoms with Crippen LogP contribution < -0.4 is 17.0 Å². The molecule has 1 rings (SSSR count). The van der Waals surface area contributed by atoms with E-state index < -0.39 is 5.97 Å². The first-order valence-electron chi connectivity index (χ1n) is 3.89. The highest BCUT2D eigenvalue weighted by Gasteiger charge is 2.39. The van der Waals surface area contributed by atoms with Crippen LogP contribution in [0.2, 0.25) is 0 Å². The van der Waals surface area contributed by atoms with E-state index in [-0.39, 0.29) is 29.1 Å². The lowest BCUT2D eigenvalue weighted by Gasteiger charge is -2.14. The summed E-state index contributed by atoms with van der Waals surface area (Å²) in [4.78, 5) is 10.5. The molecule has 0 aliphatic carbocycles. The van der Waals surface area contributed by atoms with Gasteiger partial charge in [0.15, 0.2) is 5.54 Å². The third-order valence-electron chi connectivity index (χ3n) is 2.04. The SMILES string of the molecule is CC1=[N+](CC(=O)O)C(C)(C)CS1.[Br-]. The van der Waals surface area contributed by atoms with Crippen LogP contribution in [-0.4, -0.2) is 38.5 Å². The normalized spacial score (nSPS) is 19.9. The molecule has 5 heteroatoms. The topological polar surface area (TPSA) is 40.3 Å². The summed E-state index contributed by atoms with van der Waals surface area (Å²) in [6, 6.07) is 0. The zero-order valence-electron chi connectivity index (χ0n) is 8.00. The van der Waals surface area contributed by atoms with Crippen molar-refractivity contribution in [3.8, 4) is 0 Å². The average molecular weight is 268 g/mol. The third kappa shape index (κ3) is 2.98. The molecule has 3 nitrogen and oxygen atoms in total. The third-order valence-corrected chi connectivity index (χ3v) is 3.53. The Morgan fingerprint density at radius 3 is 2.54 bits per heavy atom. The van der Waals surface area contributed by atoms with Gasteiger partial charge < -0.3 is 22.1 Å². The van der Waals surface area contributed by atoms with E-state index in [9.17, 15) is 4.79 Å². The predicted molar refractivity (Wildman–Crippen MR) is 50.0 cm³/mol. The monoisotopic (exact) mass is 267 g/mol. The minimum absolute atomic E-state index is 0. The first kappa shape index (κ1) is 13.0. The van der Waals surface area contributed by atoms with Crippen molar-refractivity contribution in [2.75, 3.05) is 12.3 Å². The van der Waals surface area contributed by atoms with Gasteiger partial charge in [0, 0.05) is 20.8 Å². The van der Waals surface area contributed by atoms with E-state index in [4.69, 9.17) is 5.11 Å². The minimum Gasteiger partial charge on any atom is -1.00 e. The second-order valence-electron chi connectivity index (χ2n) is 3.60. The number of carboxylic acids is 1. The molecule has 76 valence electrons. The molecule has 0 fully saturated rings. The maximum Gasteiger partial charge on any atom is 0.369 e. The first-order chi connectivity index (χ1) is 5.43. The zero-order chi connectivity index (χ0) is 9.35. The quantitative estimate of drug-likeness (QED) is 0.591. The summed E-state index contributed by atoms with van der Waals surface area (Å²) in [6.45, 7) is 6.23. The van der Waals surface area contributed by atoms with Crippen molar-refractivity contribution in [2.24, 2.45) is 0 Å². The van der Waals surface area contributed by atoms with E-state index in [1.54, 1.807) is 11.8 Å². The molecule has 1 aliphatic heterocycles. The highest BCUT2D eigenvalue weighted by atomic mass is 79.9. The second kappa shape index (κ2) is 4.46. The lowest BCUT2D eigenvalue weighted by molar-refractivity contribution is -0.581. The summed E-state index contributed by atoms with van der Waals surface area (Å²) in [6.07, 6.45) is 0. The Morgan fingerprint density at radius 2 is 2.23 bits per heavy atom. The predicted octanol–water partition coefficient (Wildman–Crippen LogP) is -1.97. The molecule has 0 saturated heterocycles. The summed E-state index contributed by atoms with van der Waals surface area (Å²) in [5.41, 5.74) is -0.00681. The Hall–Kier alpha value is -0.0300. The van der Waals surface area contributed by atoms with Gasteiger partial charge in [-0.15, -0.1) is 0 Å².